The topological polar surface area (TPSA) is 737 Å². The Labute approximate surface area is 743 Å². The number of likely N-dealkylation sites (tertiary alicyclic amines) is 1. The van der Waals surface area contributed by atoms with Gasteiger partial charge in [0.05, 0.1) is 31.9 Å². The zero-order valence-corrected chi connectivity index (χ0v) is 75.6. The van der Waals surface area contributed by atoms with E-state index >= 15 is 4.79 Å². The minimum absolute atomic E-state index is 0.00529. The number of amides is 17. The van der Waals surface area contributed by atoms with Crippen LogP contribution in [0, 0.1) is 23.7 Å². The normalized spacial score (nSPS) is 16.7. The number of nitrogens with two attached hydrogens (primary N) is 6. The number of imidazole rings is 1. The second-order valence-electron chi connectivity index (χ2n) is 31.8. The van der Waals surface area contributed by atoms with E-state index in [0.29, 0.717) is 49.3 Å². The highest BCUT2D eigenvalue weighted by molar-refractivity contribution is 7.98. The maximum atomic E-state index is 15.1. The van der Waals surface area contributed by atoms with E-state index in [1.54, 1.807) is 67.9 Å². The summed E-state index contributed by atoms with van der Waals surface area (Å²) in [4.78, 5) is 261. The Bertz CT molecular complexity index is 3750. The fourth-order valence-corrected chi connectivity index (χ4v) is 14.3. The molecule has 2 heterocycles. The highest BCUT2D eigenvalue weighted by atomic mass is 32.2. The number of aliphatic hydroxyl groups excluding tert-OH is 2. The standard InChI is InChI=1S/C79H138N24O21S2/c1-12-42(6)60(100-70(115)53(35-58(82)107)95-76(121)63(45(9)106)102-64(109)47(89-40-105)25-31-125-10)73(118)93-50(23-19-29-87-79(84)85)65(110)90-48(21-15-17-27-80)66(111)98-56(38-104)71(116)96-54(34-46-37-86-39-88-46)77(122)103-30-20-24-57(103)72(117)94-52(33-41(4)5)69(114)92-51(26-32-126-11)67(112)91-49(22-16-18-28-81)68(113)99-62(44(8)14-3)75(120)101-61(43(7)13-2)74(119)97-55(78(123)124)36-59(83)108/h37,39-45,47-57,60-63,104,106H,12-36,38,80-81H2,1-11H3,(H2,82,107)(H2,83,108)(H,86,88)(H,89,105)(H,90,110)(H,91,112)(H,92,114)(H,93,118)(H,94,117)(H,95,121)(H,96,116)(H,97,119)(H,98,111)(H,99,113)(H,100,115)(H,101,120)(H,102,109)(H,123,124)(H4,84,85,87)/t42-,43-,44-,45+,47-,48-,49-,50-,51-,52-,53-,54-,55-,56-,57-,60-,61-,62-,63-/m0/s1. The van der Waals surface area contributed by atoms with E-state index in [-0.39, 0.29) is 122 Å². The number of guanidine groups is 1. The third-order valence-electron chi connectivity index (χ3n) is 21.3. The Kier molecular flexibility index (Phi) is 52.6. The van der Waals surface area contributed by atoms with Gasteiger partial charge in [0.1, 0.15) is 90.6 Å². The number of H-pyrrole nitrogens is 1. The minimum atomic E-state index is -1.85. The molecule has 30 N–H and O–H groups in total. The lowest BCUT2D eigenvalue weighted by Crippen LogP contribution is -2.62. The molecule has 1 fully saturated rings. The van der Waals surface area contributed by atoms with E-state index in [0.717, 1.165) is 6.92 Å². The van der Waals surface area contributed by atoms with Crippen molar-refractivity contribution in [3.8, 4) is 0 Å². The van der Waals surface area contributed by atoms with Crippen molar-refractivity contribution in [3.05, 3.63) is 18.2 Å². The molecule has 45 nitrogen and oxygen atoms in total. The Morgan fingerprint density at radius 2 is 0.897 bits per heavy atom. The van der Waals surface area contributed by atoms with E-state index in [4.69, 9.17) is 34.4 Å². The lowest BCUT2D eigenvalue weighted by atomic mass is 9.94. The van der Waals surface area contributed by atoms with Crippen LogP contribution in [0.25, 0.3) is 0 Å². The number of aromatic nitrogens is 2. The van der Waals surface area contributed by atoms with E-state index in [9.17, 15) is 96.8 Å². The van der Waals surface area contributed by atoms with Gasteiger partial charge < -0.3 is 134 Å². The van der Waals surface area contributed by atoms with Gasteiger partial charge in [-0.1, -0.05) is 74.7 Å². The molecule has 0 radical (unpaired) electrons. The molecule has 0 unspecified atom stereocenters. The number of aliphatic carboxylic acids is 1. The highest BCUT2D eigenvalue weighted by Gasteiger charge is 2.44. The zero-order valence-electron chi connectivity index (χ0n) is 74.0. The van der Waals surface area contributed by atoms with Crippen LogP contribution in [0.4, 0.5) is 0 Å². The summed E-state index contributed by atoms with van der Waals surface area (Å²) in [7, 11) is 0. The number of carboxylic acid groups (broad SMARTS) is 1. The molecule has 712 valence electrons. The van der Waals surface area contributed by atoms with Crippen molar-refractivity contribution in [2.24, 2.45) is 63.1 Å². The number of aliphatic hydroxyl groups is 2. The van der Waals surface area contributed by atoms with Gasteiger partial charge in [0.2, 0.25) is 101 Å². The van der Waals surface area contributed by atoms with Crippen molar-refractivity contribution in [3.63, 3.8) is 0 Å². The number of aliphatic imine (C=N–C) groups is 1. The summed E-state index contributed by atoms with van der Waals surface area (Å²) in [6.07, 6.45) is 5.15. The molecule has 47 heteroatoms. The van der Waals surface area contributed by atoms with Crippen LogP contribution < -0.4 is 109 Å². The molecule has 126 heavy (non-hydrogen) atoms. The monoisotopic (exact) mass is 1820 g/mol. The predicted molar refractivity (Wildman–Crippen MR) is 469 cm³/mol. The van der Waals surface area contributed by atoms with Gasteiger partial charge in [0.15, 0.2) is 5.96 Å². The third kappa shape index (κ3) is 39.6. The molecule has 1 aromatic heterocycles. The van der Waals surface area contributed by atoms with Crippen LogP contribution in [-0.2, 0) is 92.7 Å². The maximum Gasteiger partial charge on any atom is 0.326 e. The van der Waals surface area contributed by atoms with Crippen LogP contribution in [0.3, 0.4) is 0 Å². The second-order valence-corrected chi connectivity index (χ2v) is 33.7. The van der Waals surface area contributed by atoms with Gasteiger partial charge >= 0.3 is 5.97 Å². The summed E-state index contributed by atoms with van der Waals surface area (Å²) in [6.45, 7) is 13.9. The highest BCUT2D eigenvalue weighted by Crippen LogP contribution is 2.23. The predicted octanol–water partition coefficient (Wildman–Crippen LogP) is -6.43. The molecule has 0 aliphatic carbocycles. The number of carboxylic acids is 1. The summed E-state index contributed by atoms with van der Waals surface area (Å²) in [6, 6.07) is -22.4. The van der Waals surface area contributed by atoms with Gasteiger partial charge in [0.25, 0.3) is 0 Å². The number of hydrogen-bond donors (Lipinski definition) is 24. The molecular weight excluding hydrogens is 1690 g/mol. The Balaban J connectivity index is 2.56. The van der Waals surface area contributed by atoms with Gasteiger partial charge in [-0.25, -0.2) is 9.78 Å². The summed E-state index contributed by atoms with van der Waals surface area (Å²) in [5, 5.41) is 67.0. The van der Waals surface area contributed by atoms with E-state index < -0.39 is 234 Å². The molecule has 1 aliphatic rings. The largest absolute Gasteiger partial charge is 0.480 e. The zero-order chi connectivity index (χ0) is 95.0. The van der Waals surface area contributed by atoms with Crippen LogP contribution in [0.15, 0.2) is 17.5 Å². The van der Waals surface area contributed by atoms with E-state index in [1.165, 1.54) is 40.9 Å². The van der Waals surface area contributed by atoms with E-state index in [2.05, 4.69) is 89.4 Å². The van der Waals surface area contributed by atoms with Crippen molar-refractivity contribution in [1.29, 1.82) is 0 Å². The first-order chi connectivity index (χ1) is 59.6. The lowest BCUT2D eigenvalue weighted by Gasteiger charge is -2.31. The van der Waals surface area contributed by atoms with Crippen molar-refractivity contribution in [2.75, 3.05) is 56.8 Å². The Hall–Kier alpha value is -10.5. The summed E-state index contributed by atoms with van der Waals surface area (Å²) >= 11 is 2.71. The molecule has 17 amide bonds. The molecule has 0 saturated carbocycles. The number of primary amides is 2. The second kappa shape index (κ2) is 59.4. The molecule has 1 saturated heterocycles. The fourth-order valence-electron chi connectivity index (χ4n) is 13.4. The number of carbonyl (C=O) groups excluding carboxylic acids is 17. The molecule has 0 aromatic carbocycles. The SMILES string of the molecule is CC[C@H](C)[C@H](NC(=O)[C@H](CC(N)=O)NC(=O)[C@@H](NC(=O)[C@H](CCSC)NC=O)[C@@H](C)O)C(=O)N[C@@H](CCCN=C(N)N)C(=O)N[C@@H](CCCCN)C(=O)N[C@@H](CO)C(=O)N[C@@H](Cc1cnc[nH]1)C(=O)N1CCC[C@H]1C(=O)N[C@@H](CC(C)C)C(=O)N[C@@H](CCSC)C(=O)N[C@@H](CCCCN)C(=O)N[C@H](C(=O)N[C@H](C(=O)N[C@@H](CC(N)=O)C(=O)O)[C@@H](C)CC)[C@@H](C)CC. The van der Waals surface area contributed by atoms with Crippen LogP contribution in [0.1, 0.15) is 184 Å². The number of thioether (sulfide) groups is 2. The quantitative estimate of drug-likeness (QED) is 0.0125. The molecule has 1 aliphatic heterocycles. The summed E-state index contributed by atoms with van der Waals surface area (Å²) in [5.41, 5.74) is 33.9. The van der Waals surface area contributed by atoms with Crippen LogP contribution in [-0.4, -0.2) is 297 Å². The van der Waals surface area contributed by atoms with Crippen LogP contribution in [0.2, 0.25) is 0 Å². The third-order valence-corrected chi connectivity index (χ3v) is 22.6. The Morgan fingerprint density at radius 1 is 0.508 bits per heavy atom. The van der Waals surface area contributed by atoms with E-state index in [1.807, 2.05) is 0 Å². The van der Waals surface area contributed by atoms with Crippen molar-refractivity contribution < 1.29 is 102 Å². The number of nitrogens with zero attached hydrogens (tertiary/aromatic N) is 3. The maximum absolute atomic E-state index is 15.1. The van der Waals surface area contributed by atoms with Gasteiger partial charge in [0, 0.05) is 31.4 Å². The number of unbranched alkanes of at least 4 members (excludes halogenated alkanes) is 2. The Morgan fingerprint density at radius 3 is 1.33 bits per heavy atom. The van der Waals surface area contributed by atoms with Crippen LogP contribution >= 0.6 is 23.5 Å². The number of hydrogen-bond acceptors (Lipinski definition) is 26. The average Bonchev–Trinajstić information content (AvgIpc) is 1.76. The summed E-state index contributed by atoms with van der Waals surface area (Å²) < 4.78 is 0. The molecule has 19 atom stereocenters. The van der Waals surface area contributed by atoms with Crippen LogP contribution in [0.5, 0.6) is 0 Å². The number of nitrogens with one attached hydrogen (secondary N) is 15. The molecule has 0 bridgehead atoms. The van der Waals surface area contributed by atoms with Crippen molar-refractivity contribution >= 4 is 136 Å². The molecular formula is C79H138N24O21S2. The van der Waals surface area contributed by atoms with Gasteiger partial charge in [-0.2, -0.15) is 23.5 Å². The number of aromatic amines is 1. The number of carbonyl (C=O) groups is 18. The van der Waals surface area contributed by atoms with Gasteiger partial charge in [-0.15, -0.1) is 0 Å². The number of rotatable bonds is 64. The smallest absolute Gasteiger partial charge is 0.326 e. The molecule has 1 aromatic rings. The lowest BCUT2D eigenvalue weighted by molar-refractivity contribution is -0.144. The first kappa shape index (κ1) is 112. The summed E-state index contributed by atoms with van der Waals surface area (Å²) in [5.74, 6) is -18.5. The first-order valence-corrected chi connectivity index (χ1v) is 45.4. The van der Waals surface area contributed by atoms with Gasteiger partial charge in [-0.05, 0) is 151 Å². The van der Waals surface area contributed by atoms with Gasteiger partial charge in [-0.3, -0.25) is 86.5 Å². The van der Waals surface area contributed by atoms with Crippen molar-refractivity contribution in [1.82, 2.24) is 89.3 Å². The minimum Gasteiger partial charge on any atom is -0.480 e. The first-order valence-electron chi connectivity index (χ1n) is 42.6. The van der Waals surface area contributed by atoms with Crippen molar-refractivity contribution in [2.45, 2.75) is 281 Å². The fraction of sp³-hybridized carbons (Fsp3) is 0.722. The average molecular weight is 1820 g/mol. The molecule has 0 spiro atoms. The molecule has 2 rings (SSSR count).